The molecule has 6 nitrogen and oxygen atoms in total. The third-order valence-corrected chi connectivity index (χ3v) is 4.72. The molecular formula is C18H21N5OS. The highest BCUT2D eigenvalue weighted by molar-refractivity contribution is 7.07. The minimum Gasteiger partial charge on any atom is -0.347 e. The third kappa shape index (κ3) is 4.96. The molecule has 0 aromatic carbocycles. The molecule has 0 radical (unpaired) electrons. The first-order valence-corrected chi connectivity index (χ1v) is 9.21. The van der Waals surface area contributed by atoms with E-state index in [-0.39, 0.29) is 11.9 Å². The summed E-state index contributed by atoms with van der Waals surface area (Å²) in [6.45, 7) is 2.71. The van der Waals surface area contributed by atoms with E-state index in [1.165, 1.54) is 11.9 Å². The Balaban J connectivity index is 1.62. The Morgan fingerprint density at radius 2 is 2.32 bits per heavy atom. The van der Waals surface area contributed by atoms with Crippen molar-refractivity contribution in [3.8, 4) is 0 Å². The maximum atomic E-state index is 12.4. The van der Waals surface area contributed by atoms with Crippen molar-refractivity contribution in [1.82, 2.24) is 25.1 Å². The second-order valence-corrected chi connectivity index (χ2v) is 6.70. The van der Waals surface area contributed by atoms with Gasteiger partial charge in [0.15, 0.2) is 0 Å². The molecule has 0 aliphatic heterocycles. The molecule has 1 atom stereocenters. The molecule has 0 spiro atoms. The standard InChI is InChI=1S/C18H21N5OS/c1-14-4-2-7-20-18(14)16(10-15-6-9-25-11-15)22-17(24)5-3-8-23-13-19-12-21-23/h2,4,6-7,9,11-13,16H,3,5,8,10H2,1H3,(H,22,24). The predicted molar refractivity (Wildman–Crippen MR) is 97.1 cm³/mol. The molecule has 0 saturated carbocycles. The number of pyridine rings is 1. The maximum Gasteiger partial charge on any atom is 0.220 e. The van der Waals surface area contributed by atoms with Crippen LogP contribution in [0.3, 0.4) is 0 Å². The number of carbonyl (C=O) groups excluding carboxylic acids is 1. The zero-order valence-corrected chi connectivity index (χ0v) is 14.9. The van der Waals surface area contributed by atoms with E-state index in [2.05, 4.69) is 37.2 Å². The highest BCUT2D eigenvalue weighted by atomic mass is 32.1. The number of nitrogens with zero attached hydrogens (tertiary/aromatic N) is 4. The number of nitrogens with one attached hydrogen (secondary N) is 1. The molecule has 0 bridgehead atoms. The van der Waals surface area contributed by atoms with Crippen molar-refractivity contribution in [1.29, 1.82) is 0 Å². The van der Waals surface area contributed by atoms with Crippen LogP contribution >= 0.6 is 11.3 Å². The Hall–Kier alpha value is -2.54. The summed E-state index contributed by atoms with van der Waals surface area (Å²) in [4.78, 5) is 20.8. The number of aryl methyl sites for hydroxylation is 2. The van der Waals surface area contributed by atoms with Gasteiger partial charge in [0.1, 0.15) is 12.7 Å². The number of rotatable bonds is 8. The van der Waals surface area contributed by atoms with Crippen molar-refractivity contribution in [3.05, 3.63) is 64.6 Å². The molecule has 3 aromatic rings. The molecule has 130 valence electrons. The Kier molecular flexibility index (Phi) is 5.90. The van der Waals surface area contributed by atoms with Crippen LogP contribution in [0.5, 0.6) is 0 Å². The summed E-state index contributed by atoms with van der Waals surface area (Å²) >= 11 is 1.66. The first-order valence-electron chi connectivity index (χ1n) is 8.27. The molecule has 3 rings (SSSR count). The molecule has 0 aliphatic carbocycles. The lowest BCUT2D eigenvalue weighted by Gasteiger charge is -2.19. The van der Waals surface area contributed by atoms with Gasteiger partial charge in [0.05, 0.1) is 11.7 Å². The van der Waals surface area contributed by atoms with Gasteiger partial charge in [-0.3, -0.25) is 14.5 Å². The minimum absolute atomic E-state index is 0.0328. The number of amides is 1. The summed E-state index contributed by atoms with van der Waals surface area (Å²) in [5.74, 6) is 0.0328. The Bertz CT molecular complexity index is 786. The second-order valence-electron chi connectivity index (χ2n) is 5.92. The molecule has 0 saturated heterocycles. The number of thiophene rings is 1. The van der Waals surface area contributed by atoms with Gasteiger partial charge in [-0.2, -0.15) is 16.4 Å². The smallest absolute Gasteiger partial charge is 0.220 e. The third-order valence-electron chi connectivity index (χ3n) is 3.99. The van der Waals surface area contributed by atoms with Crippen LogP contribution in [0.2, 0.25) is 0 Å². The molecule has 1 amide bonds. The average molecular weight is 355 g/mol. The van der Waals surface area contributed by atoms with E-state index in [0.717, 1.165) is 24.1 Å². The van der Waals surface area contributed by atoms with E-state index in [4.69, 9.17) is 0 Å². The van der Waals surface area contributed by atoms with Crippen LogP contribution in [0, 0.1) is 6.92 Å². The van der Waals surface area contributed by atoms with Crippen molar-refractivity contribution in [2.75, 3.05) is 0 Å². The lowest BCUT2D eigenvalue weighted by atomic mass is 10.0. The maximum absolute atomic E-state index is 12.4. The summed E-state index contributed by atoms with van der Waals surface area (Å²) in [6.07, 6.45) is 6.86. The zero-order chi connectivity index (χ0) is 17.5. The predicted octanol–water partition coefficient (Wildman–Crippen LogP) is 2.92. The SMILES string of the molecule is Cc1cccnc1C(Cc1ccsc1)NC(=O)CCCn1cncn1. The van der Waals surface area contributed by atoms with E-state index in [1.807, 2.05) is 19.1 Å². The van der Waals surface area contributed by atoms with Crippen LogP contribution in [-0.2, 0) is 17.8 Å². The fourth-order valence-corrected chi connectivity index (χ4v) is 3.42. The van der Waals surface area contributed by atoms with E-state index in [9.17, 15) is 4.79 Å². The first-order chi connectivity index (χ1) is 12.2. The molecule has 3 aromatic heterocycles. The number of hydrogen-bond donors (Lipinski definition) is 1. The lowest BCUT2D eigenvalue weighted by Crippen LogP contribution is -2.31. The summed E-state index contributed by atoms with van der Waals surface area (Å²) in [7, 11) is 0. The second kappa shape index (κ2) is 8.53. The van der Waals surface area contributed by atoms with Crippen LogP contribution < -0.4 is 5.32 Å². The Morgan fingerprint density at radius 3 is 3.04 bits per heavy atom. The largest absolute Gasteiger partial charge is 0.347 e. The van der Waals surface area contributed by atoms with Crippen LogP contribution in [0.25, 0.3) is 0 Å². The fraction of sp³-hybridized carbons (Fsp3) is 0.333. The molecule has 0 fully saturated rings. The van der Waals surface area contributed by atoms with Gasteiger partial charge in [-0.1, -0.05) is 6.07 Å². The number of aromatic nitrogens is 4. The topological polar surface area (TPSA) is 72.7 Å². The average Bonchev–Trinajstić information content (AvgIpc) is 3.28. The Labute approximate surface area is 150 Å². The van der Waals surface area contributed by atoms with E-state index in [1.54, 1.807) is 28.5 Å². The van der Waals surface area contributed by atoms with Gasteiger partial charge in [0, 0.05) is 19.2 Å². The van der Waals surface area contributed by atoms with Gasteiger partial charge >= 0.3 is 0 Å². The summed E-state index contributed by atoms with van der Waals surface area (Å²) in [5.41, 5.74) is 3.23. The molecule has 0 aliphatic rings. The molecule has 1 N–H and O–H groups in total. The highest BCUT2D eigenvalue weighted by Gasteiger charge is 2.18. The van der Waals surface area contributed by atoms with Gasteiger partial charge in [-0.15, -0.1) is 0 Å². The Morgan fingerprint density at radius 1 is 1.40 bits per heavy atom. The number of hydrogen-bond acceptors (Lipinski definition) is 5. The molecule has 7 heteroatoms. The molecule has 3 heterocycles. The van der Waals surface area contributed by atoms with Crippen molar-refractivity contribution < 1.29 is 4.79 Å². The summed E-state index contributed by atoms with van der Waals surface area (Å²) in [6, 6.07) is 5.92. The lowest BCUT2D eigenvalue weighted by molar-refractivity contribution is -0.122. The van der Waals surface area contributed by atoms with Crippen molar-refractivity contribution in [3.63, 3.8) is 0 Å². The molecule has 25 heavy (non-hydrogen) atoms. The van der Waals surface area contributed by atoms with Crippen LogP contribution in [0.4, 0.5) is 0 Å². The van der Waals surface area contributed by atoms with E-state index < -0.39 is 0 Å². The summed E-state index contributed by atoms with van der Waals surface area (Å²) < 4.78 is 1.74. The first kappa shape index (κ1) is 17.3. The van der Waals surface area contributed by atoms with Crippen molar-refractivity contribution >= 4 is 17.2 Å². The van der Waals surface area contributed by atoms with E-state index >= 15 is 0 Å². The highest BCUT2D eigenvalue weighted by Crippen LogP contribution is 2.21. The van der Waals surface area contributed by atoms with Crippen LogP contribution in [0.1, 0.15) is 35.7 Å². The van der Waals surface area contributed by atoms with Gasteiger partial charge in [-0.25, -0.2) is 4.98 Å². The van der Waals surface area contributed by atoms with Gasteiger partial charge < -0.3 is 5.32 Å². The zero-order valence-electron chi connectivity index (χ0n) is 14.1. The fourth-order valence-electron chi connectivity index (χ4n) is 2.74. The monoisotopic (exact) mass is 355 g/mol. The van der Waals surface area contributed by atoms with Gasteiger partial charge in [-0.05, 0) is 53.8 Å². The van der Waals surface area contributed by atoms with Crippen LogP contribution in [-0.4, -0.2) is 25.7 Å². The molecular weight excluding hydrogens is 334 g/mol. The summed E-state index contributed by atoms with van der Waals surface area (Å²) in [5, 5.41) is 11.4. The van der Waals surface area contributed by atoms with Crippen molar-refractivity contribution in [2.45, 2.75) is 38.8 Å². The van der Waals surface area contributed by atoms with Crippen molar-refractivity contribution in [2.24, 2.45) is 0 Å². The normalized spacial score (nSPS) is 12.0. The van der Waals surface area contributed by atoms with Crippen LogP contribution in [0.15, 0.2) is 47.8 Å². The number of carbonyl (C=O) groups is 1. The minimum atomic E-state index is -0.116. The molecule has 1 unspecified atom stereocenters. The van der Waals surface area contributed by atoms with Gasteiger partial charge in [0.2, 0.25) is 5.91 Å². The van der Waals surface area contributed by atoms with E-state index in [0.29, 0.717) is 13.0 Å². The van der Waals surface area contributed by atoms with Gasteiger partial charge in [0.25, 0.3) is 0 Å². The quantitative estimate of drug-likeness (QED) is 0.674.